The summed E-state index contributed by atoms with van der Waals surface area (Å²) in [4.78, 5) is 12.0. The van der Waals surface area contributed by atoms with Gasteiger partial charge >= 0.3 is 5.97 Å². The normalized spacial score (nSPS) is 12.0. The highest BCUT2D eigenvalue weighted by atomic mass is 16.7. The molecule has 0 bridgehead atoms. The highest BCUT2D eigenvalue weighted by Crippen LogP contribution is 2.35. The Balaban J connectivity index is 1.71. The van der Waals surface area contributed by atoms with Crippen LogP contribution in [0.2, 0.25) is 0 Å². The predicted molar refractivity (Wildman–Crippen MR) is 75.1 cm³/mol. The van der Waals surface area contributed by atoms with Gasteiger partial charge in [0.15, 0.2) is 11.5 Å². The second-order valence-electron chi connectivity index (χ2n) is 4.36. The molecule has 1 aliphatic heterocycles. The van der Waals surface area contributed by atoms with Crippen molar-refractivity contribution in [1.82, 2.24) is 0 Å². The average Bonchev–Trinajstić information content (AvgIpc) is 2.96. The van der Waals surface area contributed by atoms with E-state index in [1.54, 1.807) is 42.5 Å². The zero-order chi connectivity index (χ0) is 14.7. The van der Waals surface area contributed by atoms with Gasteiger partial charge in [0.25, 0.3) is 0 Å². The standard InChI is InChI=1S/C16H14O5/c1-2-18-12-5-3-11(4-6-12)16(17)21-13-7-8-14-15(9-13)20-10-19-14/h3-9H,2,10H2,1H3. The molecule has 0 unspecified atom stereocenters. The summed E-state index contributed by atoms with van der Waals surface area (Å²) in [7, 11) is 0. The maximum atomic E-state index is 12.0. The quantitative estimate of drug-likeness (QED) is 0.638. The molecule has 2 aromatic rings. The number of esters is 1. The van der Waals surface area contributed by atoms with Gasteiger partial charge in [0.05, 0.1) is 12.2 Å². The zero-order valence-electron chi connectivity index (χ0n) is 11.5. The first kappa shape index (κ1) is 13.3. The molecule has 21 heavy (non-hydrogen) atoms. The summed E-state index contributed by atoms with van der Waals surface area (Å²) in [5.41, 5.74) is 0.455. The van der Waals surface area contributed by atoms with Crippen LogP contribution in [-0.2, 0) is 0 Å². The molecule has 5 nitrogen and oxygen atoms in total. The van der Waals surface area contributed by atoms with Crippen LogP contribution >= 0.6 is 0 Å². The first-order chi connectivity index (χ1) is 10.3. The van der Waals surface area contributed by atoms with Crippen molar-refractivity contribution in [1.29, 1.82) is 0 Å². The van der Waals surface area contributed by atoms with Gasteiger partial charge in [-0.15, -0.1) is 0 Å². The Morgan fingerprint density at radius 2 is 1.76 bits per heavy atom. The molecular weight excluding hydrogens is 272 g/mol. The Hall–Kier alpha value is -2.69. The molecule has 0 spiro atoms. The van der Waals surface area contributed by atoms with Gasteiger partial charge in [-0.2, -0.15) is 0 Å². The van der Waals surface area contributed by atoms with Gasteiger partial charge in [0.2, 0.25) is 6.79 Å². The van der Waals surface area contributed by atoms with Gasteiger partial charge in [0.1, 0.15) is 11.5 Å². The van der Waals surface area contributed by atoms with Gasteiger partial charge in [0, 0.05) is 6.07 Å². The third kappa shape index (κ3) is 2.91. The summed E-state index contributed by atoms with van der Waals surface area (Å²) in [6.45, 7) is 2.68. The van der Waals surface area contributed by atoms with E-state index in [0.717, 1.165) is 5.75 Å². The monoisotopic (exact) mass is 286 g/mol. The predicted octanol–water partition coefficient (Wildman–Crippen LogP) is 3.03. The highest BCUT2D eigenvalue weighted by molar-refractivity contribution is 5.91. The molecule has 1 aliphatic rings. The van der Waals surface area contributed by atoms with Crippen molar-refractivity contribution in [2.45, 2.75) is 6.92 Å². The number of carbonyl (C=O) groups excluding carboxylic acids is 1. The van der Waals surface area contributed by atoms with Gasteiger partial charge in [-0.25, -0.2) is 4.79 Å². The SMILES string of the molecule is CCOc1ccc(C(=O)Oc2ccc3c(c2)OCO3)cc1. The fraction of sp³-hybridized carbons (Fsp3) is 0.188. The van der Waals surface area contributed by atoms with E-state index in [1.165, 1.54) is 0 Å². The summed E-state index contributed by atoms with van der Waals surface area (Å²) < 4.78 is 21.1. The lowest BCUT2D eigenvalue weighted by Gasteiger charge is -2.06. The van der Waals surface area contributed by atoms with Gasteiger partial charge in [-0.3, -0.25) is 0 Å². The molecular formula is C16H14O5. The Morgan fingerprint density at radius 1 is 1.05 bits per heavy atom. The Bertz CT molecular complexity index is 648. The molecule has 108 valence electrons. The van der Waals surface area contributed by atoms with E-state index in [0.29, 0.717) is 29.4 Å². The highest BCUT2D eigenvalue weighted by Gasteiger charge is 2.15. The second-order valence-corrected chi connectivity index (χ2v) is 4.36. The van der Waals surface area contributed by atoms with Crippen molar-refractivity contribution in [3.05, 3.63) is 48.0 Å². The topological polar surface area (TPSA) is 54.0 Å². The van der Waals surface area contributed by atoms with Crippen LogP contribution in [0.15, 0.2) is 42.5 Å². The van der Waals surface area contributed by atoms with Crippen molar-refractivity contribution in [2.75, 3.05) is 13.4 Å². The molecule has 0 fully saturated rings. The van der Waals surface area contributed by atoms with Crippen molar-refractivity contribution in [2.24, 2.45) is 0 Å². The van der Waals surface area contributed by atoms with E-state index >= 15 is 0 Å². The first-order valence-electron chi connectivity index (χ1n) is 6.61. The molecule has 5 heteroatoms. The number of ether oxygens (including phenoxy) is 4. The summed E-state index contributed by atoms with van der Waals surface area (Å²) >= 11 is 0. The first-order valence-corrected chi connectivity index (χ1v) is 6.61. The molecule has 0 amide bonds. The van der Waals surface area contributed by atoms with Crippen molar-refractivity contribution < 1.29 is 23.7 Å². The average molecular weight is 286 g/mol. The zero-order valence-corrected chi connectivity index (χ0v) is 11.5. The van der Waals surface area contributed by atoms with Crippen molar-refractivity contribution in [3.63, 3.8) is 0 Å². The third-order valence-corrected chi connectivity index (χ3v) is 2.96. The van der Waals surface area contributed by atoms with Crippen LogP contribution in [0.25, 0.3) is 0 Å². The molecule has 0 aromatic heterocycles. The summed E-state index contributed by atoms with van der Waals surface area (Å²) in [5, 5.41) is 0. The molecule has 3 rings (SSSR count). The lowest BCUT2D eigenvalue weighted by Crippen LogP contribution is -2.08. The van der Waals surface area contributed by atoms with Crippen molar-refractivity contribution >= 4 is 5.97 Å². The van der Waals surface area contributed by atoms with E-state index < -0.39 is 5.97 Å². The van der Waals surface area contributed by atoms with Crippen LogP contribution in [0.1, 0.15) is 17.3 Å². The smallest absolute Gasteiger partial charge is 0.343 e. The molecule has 0 radical (unpaired) electrons. The third-order valence-electron chi connectivity index (χ3n) is 2.96. The fourth-order valence-electron chi connectivity index (χ4n) is 1.96. The maximum Gasteiger partial charge on any atom is 0.343 e. The van der Waals surface area contributed by atoms with Gasteiger partial charge in [-0.1, -0.05) is 0 Å². The summed E-state index contributed by atoms with van der Waals surface area (Å²) in [6.07, 6.45) is 0. The van der Waals surface area contributed by atoms with Crippen LogP contribution in [-0.4, -0.2) is 19.4 Å². The van der Waals surface area contributed by atoms with Crippen LogP contribution in [0.4, 0.5) is 0 Å². The molecule has 0 atom stereocenters. The minimum absolute atomic E-state index is 0.186. The van der Waals surface area contributed by atoms with E-state index in [-0.39, 0.29) is 6.79 Å². The largest absolute Gasteiger partial charge is 0.494 e. The number of fused-ring (bicyclic) bond motifs is 1. The fourth-order valence-corrected chi connectivity index (χ4v) is 1.96. The second kappa shape index (κ2) is 5.75. The molecule has 1 heterocycles. The molecule has 0 saturated carbocycles. The number of benzene rings is 2. The molecule has 0 saturated heterocycles. The van der Waals surface area contributed by atoms with Crippen LogP contribution in [0, 0.1) is 0 Å². The van der Waals surface area contributed by atoms with E-state index in [2.05, 4.69) is 0 Å². The van der Waals surface area contributed by atoms with Crippen molar-refractivity contribution in [3.8, 4) is 23.0 Å². The Kier molecular flexibility index (Phi) is 3.64. The van der Waals surface area contributed by atoms with Crippen LogP contribution < -0.4 is 18.9 Å². The van der Waals surface area contributed by atoms with E-state index in [1.807, 2.05) is 6.92 Å². The minimum Gasteiger partial charge on any atom is -0.494 e. The summed E-state index contributed by atoms with van der Waals surface area (Å²) in [6, 6.07) is 11.8. The van der Waals surface area contributed by atoms with Crippen LogP contribution in [0.5, 0.6) is 23.0 Å². The molecule has 0 aliphatic carbocycles. The number of rotatable bonds is 4. The van der Waals surface area contributed by atoms with Gasteiger partial charge in [-0.05, 0) is 43.3 Å². The van der Waals surface area contributed by atoms with Gasteiger partial charge < -0.3 is 18.9 Å². The lowest BCUT2D eigenvalue weighted by atomic mass is 10.2. The summed E-state index contributed by atoms with van der Waals surface area (Å²) in [5.74, 6) is 1.93. The number of hydrogen-bond acceptors (Lipinski definition) is 5. The lowest BCUT2D eigenvalue weighted by molar-refractivity contribution is 0.0734. The number of carbonyl (C=O) groups is 1. The Labute approximate surface area is 122 Å². The van der Waals surface area contributed by atoms with E-state index in [4.69, 9.17) is 18.9 Å². The minimum atomic E-state index is -0.433. The maximum absolute atomic E-state index is 12.0. The molecule has 0 N–H and O–H groups in total. The van der Waals surface area contributed by atoms with Crippen LogP contribution in [0.3, 0.4) is 0 Å². The number of hydrogen-bond donors (Lipinski definition) is 0. The van der Waals surface area contributed by atoms with E-state index in [9.17, 15) is 4.79 Å². The Morgan fingerprint density at radius 3 is 2.52 bits per heavy atom. The molecule has 2 aromatic carbocycles.